The molecule has 1 saturated heterocycles. The summed E-state index contributed by atoms with van der Waals surface area (Å²) >= 11 is 0. The molecule has 42 heavy (non-hydrogen) atoms. The van der Waals surface area contributed by atoms with Crippen LogP contribution in [0.15, 0.2) is 109 Å². The highest BCUT2D eigenvalue weighted by Gasteiger charge is 2.31. The van der Waals surface area contributed by atoms with Crippen molar-refractivity contribution in [1.82, 2.24) is 30.0 Å². The molecular formula is C35H36N6O. The highest BCUT2D eigenvalue weighted by molar-refractivity contribution is 5.49. The Balaban J connectivity index is 1.29. The van der Waals surface area contributed by atoms with E-state index in [4.69, 9.17) is 4.74 Å². The van der Waals surface area contributed by atoms with Gasteiger partial charge in [-0.05, 0) is 70.8 Å². The summed E-state index contributed by atoms with van der Waals surface area (Å²) in [4.78, 5) is 4.99. The first-order valence-corrected chi connectivity index (χ1v) is 14.5. The maximum atomic E-state index is 6.23. The van der Waals surface area contributed by atoms with E-state index in [2.05, 4.69) is 112 Å². The first kappa shape index (κ1) is 27.6. The summed E-state index contributed by atoms with van der Waals surface area (Å²) in [5.41, 5.74) is 5.64. The molecule has 0 saturated carbocycles. The van der Waals surface area contributed by atoms with Gasteiger partial charge in [-0.15, -0.1) is 5.10 Å². The van der Waals surface area contributed by atoms with E-state index >= 15 is 0 Å². The minimum absolute atomic E-state index is 0.139. The molecule has 0 radical (unpaired) electrons. The SMILES string of the molecule is Cc1cccc(C)c1-n1nnnc1[C@@H](c1cccc(Oc2ccccc2)c1)N1CCN(CC=Cc2ccccc2)CC1. The zero-order valence-electron chi connectivity index (χ0n) is 24.2. The summed E-state index contributed by atoms with van der Waals surface area (Å²) in [5.74, 6) is 2.41. The molecule has 7 heteroatoms. The van der Waals surface area contributed by atoms with Crippen LogP contribution in [0.2, 0.25) is 0 Å². The average Bonchev–Trinajstić information content (AvgIpc) is 3.48. The number of hydrogen-bond acceptors (Lipinski definition) is 6. The number of nitrogens with zero attached hydrogens (tertiary/aromatic N) is 6. The molecule has 4 aromatic carbocycles. The van der Waals surface area contributed by atoms with E-state index in [9.17, 15) is 0 Å². The molecule has 6 rings (SSSR count). The number of benzene rings is 4. The highest BCUT2D eigenvalue weighted by atomic mass is 16.5. The van der Waals surface area contributed by atoms with Crippen LogP contribution in [0.5, 0.6) is 11.5 Å². The van der Waals surface area contributed by atoms with Crippen molar-refractivity contribution in [2.24, 2.45) is 0 Å². The van der Waals surface area contributed by atoms with Crippen LogP contribution >= 0.6 is 0 Å². The summed E-state index contributed by atoms with van der Waals surface area (Å²) in [6.07, 6.45) is 4.46. The number of hydrogen-bond donors (Lipinski definition) is 0. The molecular weight excluding hydrogens is 520 g/mol. The van der Waals surface area contributed by atoms with Crippen molar-refractivity contribution >= 4 is 6.08 Å². The van der Waals surface area contributed by atoms with Crippen LogP contribution in [0.1, 0.15) is 34.1 Å². The Morgan fingerprint density at radius 3 is 2.17 bits per heavy atom. The molecule has 212 valence electrons. The Labute approximate surface area is 247 Å². The van der Waals surface area contributed by atoms with Crippen molar-refractivity contribution < 1.29 is 4.74 Å². The van der Waals surface area contributed by atoms with Crippen LogP contribution in [-0.4, -0.2) is 62.7 Å². The summed E-state index contributed by atoms with van der Waals surface area (Å²) in [5, 5.41) is 13.3. The molecule has 0 amide bonds. The maximum absolute atomic E-state index is 6.23. The fourth-order valence-corrected chi connectivity index (χ4v) is 5.67. The quantitative estimate of drug-likeness (QED) is 0.207. The van der Waals surface area contributed by atoms with E-state index in [0.717, 1.165) is 72.4 Å². The minimum Gasteiger partial charge on any atom is -0.457 e. The third-order valence-electron chi connectivity index (χ3n) is 7.79. The second-order valence-electron chi connectivity index (χ2n) is 10.7. The van der Waals surface area contributed by atoms with Crippen LogP contribution in [0.3, 0.4) is 0 Å². The molecule has 0 spiro atoms. The lowest BCUT2D eigenvalue weighted by atomic mass is 10.0. The van der Waals surface area contributed by atoms with Crippen molar-refractivity contribution in [3.63, 3.8) is 0 Å². The molecule has 0 bridgehead atoms. The fraction of sp³-hybridized carbons (Fsp3) is 0.229. The van der Waals surface area contributed by atoms with Gasteiger partial charge >= 0.3 is 0 Å². The van der Waals surface area contributed by atoms with E-state index < -0.39 is 0 Å². The molecule has 0 aliphatic carbocycles. The third-order valence-corrected chi connectivity index (χ3v) is 7.79. The summed E-state index contributed by atoms with van der Waals surface area (Å²) in [6.45, 7) is 8.85. The van der Waals surface area contributed by atoms with Gasteiger partial charge in [-0.1, -0.05) is 91.0 Å². The van der Waals surface area contributed by atoms with Crippen molar-refractivity contribution in [2.45, 2.75) is 19.9 Å². The van der Waals surface area contributed by atoms with Crippen LogP contribution in [0.25, 0.3) is 11.8 Å². The summed E-state index contributed by atoms with van der Waals surface area (Å²) in [7, 11) is 0. The van der Waals surface area contributed by atoms with Crippen molar-refractivity contribution in [3.05, 3.63) is 137 Å². The zero-order chi connectivity index (χ0) is 28.7. The van der Waals surface area contributed by atoms with E-state index in [1.807, 2.05) is 47.1 Å². The number of aryl methyl sites for hydroxylation is 2. The largest absolute Gasteiger partial charge is 0.457 e. The van der Waals surface area contributed by atoms with E-state index in [-0.39, 0.29) is 6.04 Å². The number of ether oxygens (including phenoxy) is 1. The Hall–Kier alpha value is -4.59. The van der Waals surface area contributed by atoms with Gasteiger partial charge in [-0.3, -0.25) is 9.80 Å². The Morgan fingerprint density at radius 1 is 0.762 bits per heavy atom. The lowest BCUT2D eigenvalue weighted by molar-refractivity contribution is 0.113. The molecule has 1 aromatic heterocycles. The zero-order valence-corrected chi connectivity index (χ0v) is 24.2. The molecule has 0 unspecified atom stereocenters. The van der Waals surface area contributed by atoms with Gasteiger partial charge in [0.15, 0.2) is 5.82 Å². The van der Waals surface area contributed by atoms with Gasteiger partial charge in [0.1, 0.15) is 11.5 Å². The van der Waals surface area contributed by atoms with Gasteiger partial charge in [-0.2, -0.15) is 4.68 Å². The lowest BCUT2D eigenvalue weighted by Crippen LogP contribution is -2.48. The number of piperazine rings is 1. The Kier molecular flexibility index (Phi) is 8.49. The van der Waals surface area contributed by atoms with Crippen LogP contribution < -0.4 is 4.74 Å². The number of tetrazole rings is 1. The summed E-state index contributed by atoms with van der Waals surface area (Å²) < 4.78 is 8.16. The lowest BCUT2D eigenvalue weighted by Gasteiger charge is -2.38. The standard InChI is InChI=1S/C35H36N6O/c1-27-12-9-13-28(2)33(27)41-35(36-37-38-41)34(30-17-10-20-32(26-30)42-31-18-7-4-8-19-31)40-24-22-39(23-25-40)21-11-16-29-14-5-3-6-15-29/h3-20,26,34H,21-25H2,1-2H3/t34-/m1/s1. The molecule has 1 fully saturated rings. The molecule has 1 aliphatic heterocycles. The maximum Gasteiger partial charge on any atom is 0.178 e. The average molecular weight is 557 g/mol. The molecule has 5 aromatic rings. The van der Waals surface area contributed by atoms with Gasteiger partial charge in [0.25, 0.3) is 0 Å². The molecule has 1 aliphatic rings. The smallest absolute Gasteiger partial charge is 0.178 e. The summed E-state index contributed by atoms with van der Waals surface area (Å²) in [6, 6.07) is 34.8. The molecule has 1 atom stereocenters. The minimum atomic E-state index is -0.139. The topological polar surface area (TPSA) is 59.3 Å². The van der Waals surface area contributed by atoms with Gasteiger partial charge in [0.2, 0.25) is 0 Å². The molecule has 7 nitrogen and oxygen atoms in total. The normalized spacial score (nSPS) is 15.2. The van der Waals surface area contributed by atoms with Crippen LogP contribution in [-0.2, 0) is 0 Å². The molecule has 0 N–H and O–H groups in total. The van der Waals surface area contributed by atoms with Gasteiger partial charge in [0, 0.05) is 32.7 Å². The molecule has 2 heterocycles. The van der Waals surface area contributed by atoms with Crippen molar-refractivity contribution in [3.8, 4) is 17.2 Å². The van der Waals surface area contributed by atoms with E-state index in [1.54, 1.807) is 0 Å². The van der Waals surface area contributed by atoms with Gasteiger partial charge in [-0.25, -0.2) is 0 Å². The van der Waals surface area contributed by atoms with Gasteiger partial charge < -0.3 is 4.74 Å². The Bertz CT molecular complexity index is 1600. The van der Waals surface area contributed by atoms with E-state index in [1.165, 1.54) is 5.56 Å². The second kappa shape index (κ2) is 12.9. The first-order valence-electron chi connectivity index (χ1n) is 14.5. The monoisotopic (exact) mass is 556 g/mol. The second-order valence-corrected chi connectivity index (χ2v) is 10.7. The first-order chi connectivity index (χ1) is 20.7. The Morgan fingerprint density at radius 2 is 1.43 bits per heavy atom. The highest BCUT2D eigenvalue weighted by Crippen LogP contribution is 2.33. The predicted molar refractivity (Wildman–Crippen MR) is 167 cm³/mol. The van der Waals surface area contributed by atoms with Crippen molar-refractivity contribution in [1.29, 1.82) is 0 Å². The fourth-order valence-electron chi connectivity index (χ4n) is 5.67. The predicted octanol–water partition coefficient (Wildman–Crippen LogP) is 6.49. The van der Waals surface area contributed by atoms with E-state index in [0.29, 0.717) is 0 Å². The third kappa shape index (κ3) is 6.33. The number of para-hydroxylation sites is 2. The number of rotatable bonds is 9. The van der Waals surface area contributed by atoms with Crippen molar-refractivity contribution in [2.75, 3.05) is 32.7 Å². The van der Waals surface area contributed by atoms with Crippen LogP contribution in [0.4, 0.5) is 0 Å². The van der Waals surface area contributed by atoms with Crippen LogP contribution in [0, 0.1) is 13.8 Å². The van der Waals surface area contributed by atoms with Gasteiger partial charge in [0.05, 0.1) is 11.7 Å². The number of aromatic nitrogens is 4.